The molecular weight excluding hydrogens is 302 g/mol. The second-order valence-corrected chi connectivity index (χ2v) is 5.72. The van der Waals surface area contributed by atoms with E-state index >= 15 is 0 Å². The van der Waals surface area contributed by atoms with Gasteiger partial charge in [-0.05, 0) is 61.2 Å². The quantitative estimate of drug-likeness (QED) is 0.672. The highest BCUT2D eigenvalue weighted by atomic mass is 16.5. The van der Waals surface area contributed by atoms with Crippen LogP contribution < -0.4 is 5.32 Å². The summed E-state index contributed by atoms with van der Waals surface area (Å²) in [5, 5.41) is 2.72. The van der Waals surface area contributed by atoms with Crippen LogP contribution in [0.5, 0.6) is 0 Å². The molecule has 0 radical (unpaired) electrons. The highest BCUT2D eigenvalue weighted by Gasteiger charge is 2.06. The van der Waals surface area contributed by atoms with Crippen molar-refractivity contribution in [3.05, 3.63) is 70.8 Å². The summed E-state index contributed by atoms with van der Waals surface area (Å²) in [5.41, 5.74) is 4.82. The monoisotopic (exact) mass is 323 g/mol. The first-order valence-electron chi connectivity index (χ1n) is 7.72. The Hall–Kier alpha value is -2.88. The zero-order valence-corrected chi connectivity index (χ0v) is 14.1. The Bertz CT molecular complexity index is 758. The van der Waals surface area contributed by atoms with E-state index in [0.29, 0.717) is 5.69 Å². The second kappa shape index (κ2) is 8.11. The summed E-state index contributed by atoms with van der Waals surface area (Å²) in [6.45, 7) is 5.56. The van der Waals surface area contributed by atoms with E-state index in [2.05, 4.69) is 5.32 Å². The minimum absolute atomic E-state index is 0.316. The van der Waals surface area contributed by atoms with Crippen molar-refractivity contribution in [3.63, 3.8) is 0 Å². The number of ether oxygens (including phenoxy) is 1. The first kappa shape index (κ1) is 17.5. The first-order chi connectivity index (χ1) is 11.4. The van der Waals surface area contributed by atoms with Gasteiger partial charge in [-0.3, -0.25) is 4.79 Å². The topological polar surface area (TPSA) is 55.4 Å². The van der Waals surface area contributed by atoms with Gasteiger partial charge in [0.2, 0.25) is 0 Å². The number of aryl methyl sites for hydroxylation is 3. The summed E-state index contributed by atoms with van der Waals surface area (Å²) in [6.07, 6.45) is 3.01. The van der Waals surface area contributed by atoms with Crippen LogP contribution in [0.3, 0.4) is 0 Å². The van der Waals surface area contributed by atoms with E-state index in [1.165, 1.54) is 6.08 Å². The van der Waals surface area contributed by atoms with E-state index in [0.717, 1.165) is 22.3 Å². The molecule has 4 nitrogen and oxygen atoms in total. The van der Waals surface area contributed by atoms with Gasteiger partial charge < -0.3 is 10.1 Å². The number of amides is 1. The summed E-state index contributed by atoms with van der Waals surface area (Å²) < 4.78 is 4.96. The Labute approximate surface area is 142 Å². The van der Waals surface area contributed by atoms with Crippen LogP contribution >= 0.6 is 0 Å². The van der Waals surface area contributed by atoms with Crippen LogP contribution in [0, 0.1) is 20.8 Å². The highest BCUT2D eigenvalue weighted by Crippen LogP contribution is 2.13. The zero-order valence-electron chi connectivity index (χ0n) is 14.1. The molecule has 24 heavy (non-hydrogen) atoms. The Morgan fingerprint density at radius 3 is 2.38 bits per heavy atom. The van der Waals surface area contributed by atoms with Gasteiger partial charge in [0.15, 0.2) is 6.61 Å². The molecule has 2 aromatic rings. The maximum atomic E-state index is 11.9. The van der Waals surface area contributed by atoms with Gasteiger partial charge >= 0.3 is 5.97 Å². The molecule has 0 spiro atoms. The fourth-order valence-corrected chi connectivity index (χ4v) is 2.36. The van der Waals surface area contributed by atoms with Gasteiger partial charge in [-0.1, -0.05) is 30.3 Å². The van der Waals surface area contributed by atoms with Crippen LogP contribution in [-0.4, -0.2) is 18.5 Å². The third kappa shape index (κ3) is 5.39. The molecule has 2 rings (SSSR count). The van der Waals surface area contributed by atoms with Gasteiger partial charge in [0.25, 0.3) is 5.91 Å². The smallest absolute Gasteiger partial charge is 0.331 e. The molecule has 0 aliphatic rings. The molecule has 4 heteroatoms. The third-order valence-corrected chi connectivity index (χ3v) is 3.44. The first-order valence-corrected chi connectivity index (χ1v) is 7.72. The molecule has 0 fully saturated rings. The van der Waals surface area contributed by atoms with Crippen molar-refractivity contribution in [2.24, 2.45) is 0 Å². The molecule has 0 unspecified atom stereocenters. The van der Waals surface area contributed by atoms with E-state index in [-0.39, 0.29) is 12.5 Å². The molecule has 1 amide bonds. The lowest BCUT2D eigenvalue weighted by Crippen LogP contribution is -2.20. The largest absolute Gasteiger partial charge is 0.452 e. The van der Waals surface area contributed by atoms with Crippen molar-refractivity contribution in [1.29, 1.82) is 0 Å². The third-order valence-electron chi connectivity index (χ3n) is 3.44. The summed E-state index contributed by atoms with van der Waals surface area (Å²) in [6, 6.07) is 13.5. The van der Waals surface area contributed by atoms with Crippen LogP contribution in [0.2, 0.25) is 0 Å². The number of carbonyl (C=O) groups is 2. The predicted octanol–water partition coefficient (Wildman–Crippen LogP) is 3.81. The number of benzene rings is 2. The lowest BCUT2D eigenvalue weighted by atomic mass is 10.1. The molecule has 0 saturated heterocycles. The van der Waals surface area contributed by atoms with Crippen LogP contribution in [0.15, 0.2) is 48.5 Å². The average molecular weight is 323 g/mol. The number of rotatable bonds is 5. The van der Waals surface area contributed by atoms with Gasteiger partial charge in [0.1, 0.15) is 0 Å². The molecule has 0 saturated carbocycles. The highest BCUT2D eigenvalue weighted by molar-refractivity contribution is 5.94. The summed E-state index contributed by atoms with van der Waals surface area (Å²) in [7, 11) is 0. The number of esters is 1. The SMILES string of the molecule is Cc1cc(C)cc(NC(=O)COC(=O)/C=C/c2ccccc2C)c1. The molecule has 0 atom stereocenters. The van der Waals surface area contributed by atoms with Crippen molar-refractivity contribution < 1.29 is 14.3 Å². The number of carbonyl (C=O) groups excluding carboxylic acids is 2. The van der Waals surface area contributed by atoms with Crippen molar-refractivity contribution in [3.8, 4) is 0 Å². The molecule has 0 aliphatic carbocycles. The second-order valence-electron chi connectivity index (χ2n) is 5.72. The fourth-order valence-electron chi connectivity index (χ4n) is 2.36. The Balaban J connectivity index is 1.85. The van der Waals surface area contributed by atoms with Crippen molar-refractivity contribution in [2.45, 2.75) is 20.8 Å². The maximum absolute atomic E-state index is 11.9. The molecule has 0 aliphatic heterocycles. The normalized spacial score (nSPS) is 10.6. The summed E-state index contributed by atoms with van der Waals surface area (Å²) in [4.78, 5) is 23.6. The van der Waals surface area contributed by atoms with E-state index < -0.39 is 5.97 Å². The lowest BCUT2D eigenvalue weighted by Gasteiger charge is -2.07. The van der Waals surface area contributed by atoms with Crippen molar-refractivity contribution >= 4 is 23.6 Å². The molecule has 0 heterocycles. The van der Waals surface area contributed by atoms with Crippen LogP contribution in [-0.2, 0) is 14.3 Å². The van der Waals surface area contributed by atoms with Gasteiger partial charge in [-0.2, -0.15) is 0 Å². The molecule has 124 valence electrons. The van der Waals surface area contributed by atoms with Gasteiger partial charge in [-0.25, -0.2) is 4.79 Å². The molecule has 0 bridgehead atoms. The van der Waals surface area contributed by atoms with Crippen LogP contribution in [0.25, 0.3) is 6.08 Å². The maximum Gasteiger partial charge on any atom is 0.331 e. The lowest BCUT2D eigenvalue weighted by molar-refractivity contribution is -0.142. The Kier molecular flexibility index (Phi) is 5.90. The van der Waals surface area contributed by atoms with Gasteiger partial charge in [0, 0.05) is 11.8 Å². The van der Waals surface area contributed by atoms with Gasteiger partial charge in [0.05, 0.1) is 0 Å². The van der Waals surface area contributed by atoms with E-state index in [1.54, 1.807) is 6.08 Å². The van der Waals surface area contributed by atoms with Crippen molar-refractivity contribution in [2.75, 3.05) is 11.9 Å². The molecule has 1 N–H and O–H groups in total. The number of hydrogen-bond acceptors (Lipinski definition) is 3. The zero-order chi connectivity index (χ0) is 17.5. The number of nitrogens with one attached hydrogen (secondary N) is 1. The summed E-state index contributed by atoms with van der Waals surface area (Å²) in [5.74, 6) is -0.911. The predicted molar refractivity (Wildman–Crippen MR) is 95.7 cm³/mol. The molecular formula is C20H21NO3. The van der Waals surface area contributed by atoms with Gasteiger partial charge in [-0.15, -0.1) is 0 Å². The van der Waals surface area contributed by atoms with E-state index in [1.807, 2.05) is 63.2 Å². The summed E-state index contributed by atoms with van der Waals surface area (Å²) >= 11 is 0. The molecule has 2 aromatic carbocycles. The number of anilines is 1. The van der Waals surface area contributed by atoms with Crippen LogP contribution in [0.4, 0.5) is 5.69 Å². The van der Waals surface area contributed by atoms with Crippen molar-refractivity contribution in [1.82, 2.24) is 0 Å². The average Bonchev–Trinajstić information content (AvgIpc) is 2.51. The minimum atomic E-state index is -0.547. The Morgan fingerprint density at radius 1 is 1.04 bits per heavy atom. The fraction of sp³-hybridized carbons (Fsp3) is 0.200. The minimum Gasteiger partial charge on any atom is -0.452 e. The van der Waals surface area contributed by atoms with E-state index in [4.69, 9.17) is 4.74 Å². The number of hydrogen-bond donors (Lipinski definition) is 1. The Morgan fingerprint density at radius 2 is 1.71 bits per heavy atom. The van der Waals surface area contributed by atoms with E-state index in [9.17, 15) is 9.59 Å². The molecule has 0 aromatic heterocycles. The van der Waals surface area contributed by atoms with Crippen LogP contribution in [0.1, 0.15) is 22.3 Å². The standard InChI is InChI=1S/C20H21NO3/c1-14-10-15(2)12-18(11-14)21-19(22)13-24-20(23)9-8-17-7-5-4-6-16(17)3/h4-12H,13H2,1-3H3,(H,21,22)/b9-8+.